The van der Waals surface area contributed by atoms with Crippen LogP contribution in [0.5, 0.6) is 0 Å². The van der Waals surface area contributed by atoms with Crippen molar-refractivity contribution in [3.8, 4) is 0 Å². The van der Waals surface area contributed by atoms with Gasteiger partial charge >= 0.3 is 5.69 Å². The number of hydrogen-bond acceptors (Lipinski definition) is 6. The molecular weight excluding hydrogens is 306 g/mol. The van der Waals surface area contributed by atoms with Gasteiger partial charge in [0.15, 0.2) is 0 Å². The van der Waals surface area contributed by atoms with Crippen LogP contribution in [0.4, 0.5) is 23.0 Å². The highest BCUT2D eigenvalue weighted by molar-refractivity contribution is 5.68. The summed E-state index contributed by atoms with van der Waals surface area (Å²) in [6.07, 6.45) is 1.80. The lowest BCUT2D eigenvalue weighted by Gasteiger charge is -2.31. The summed E-state index contributed by atoms with van der Waals surface area (Å²) in [5, 5.41) is 14.4. The number of piperidine rings is 1. The smallest absolute Gasteiger partial charge is 0.311 e. The standard InChI is InChI=1S/C17H21N5O2/c1-12-2-4-14(5-3-12)19-17-15(22(23)24)6-7-16(20-17)21-10-8-13(18)9-11-21/h2-7,13H,8-11,18H2,1H3,(H,19,20). The normalized spacial score (nSPS) is 15.3. The van der Waals surface area contributed by atoms with Gasteiger partial charge in [-0.2, -0.15) is 0 Å². The Kier molecular flexibility index (Phi) is 4.61. The number of nitro groups is 1. The molecular formula is C17H21N5O2. The van der Waals surface area contributed by atoms with E-state index in [1.807, 2.05) is 31.2 Å². The highest BCUT2D eigenvalue weighted by atomic mass is 16.6. The van der Waals surface area contributed by atoms with Crippen molar-refractivity contribution in [2.75, 3.05) is 23.3 Å². The summed E-state index contributed by atoms with van der Waals surface area (Å²) < 4.78 is 0. The van der Waals surface area contributed by atoms with Crippen LogP contribution in [0, 0.1) is 17.0 Å². The number of aromatic nitrogens is 1. The van der Waals surface area contributed by atoms with Crippen LogP contribution in [0.2, 0.25) is 0 Å². The van der Waals surface area contributed by atoms with Gasteiger partial charge in [0.25, 0.3) is 0 Å². The molecule has 1 aliphatic heterocycles. The van der Waals surface area contributed by atoms with E-state index in [9.17, 15) is 10.1 Å². The molecule has 3 N–H and O–H groups in total. The van der Waals surface area contributed by atoms with E-state index in [0.29, 0.717) is 0 Å². The lowest BCUT2D eigenvalue weighted by atomic mass is 10.1. The molecule has 2 aromatic rings. The Balaban J connectivity index is 1.88. The first-order valence-corrected chi connectivity index (χ1v) is 8.02. The van der Waals surface area contributed by atoms with Crippen molar-refractivity contribution in [2.24, 2.45) is 5.73 Å². The second-order valence-corrected chi connectivity index (χ2v) is 6.11. The second-order valence-electron chi connectivity index (χ2n) is 6.11. The van der Waals surface area contributed by atoms with Crippen LogP contribution in [0.15, 0.2) is 36.4 Å². The Morgan fingerprint density at radius 3 is 2.50 bits per heavy atom. The number of pyridine rings is 1. The summed E-state index contributed by atoms with van der Waals surface area (Å²) in [7, 11) is 0. The van der Waals surface area contributed by atoms with Gasteiger partial charge in [-0.3, -0.25) is 10.1 Å². The number of nitrogens with one attached hydrogen (secondary N) is 1. The highest BCUT2D eigenvalue weighted by Crippen LogP contribution is 2.29. The molecule has 0 aliphatic carbocycles. The Morgan fingerprint density at radius 1 is 1.21 bits per heavy atom. The second kappa shape index (κ2) is 6.84. The van der Waals surface area contributed by atoms with Crippen LogP contribution in [0.3, 0.4) is 0 Å². The van der Waals surface area contributed by atoms with Gasteiger partial charge in [0, 0.05) is 30.9 Å². The Morgan fingerprint density at radius 2 is 1.88 bits per heavy atom. The fraction of sp³-hybridized carbons (Fsp3) is 0.353. The predicted octanol–water partition coefficient (Wildman–Crippen LogP) is 2.97. The molecule has 1 saturated heterocycles. The number of aryl methyl sites for hydroxylation is 1. The van der Waals surface area contributed by atoms with E-state index in [1.54, 1.807) is 6.07 Å². The van der Waals surface area contributed by atoms with E-state index in [2.05, 4.69) is 15.2 Å². The van der Waals surface area contributed by atoms with Crippen molar-refractivity contribution in [3.05, 3.63) is 52.1 Å². The van der Waals surface area contributed by atoms with Crippen LogP contribution >= 0.6 is 0 Å². The Labute approximate surface area is 140 Å². The lowest BCUT2D eigenvalue weighted by molar-refractivity contribution is -0.384. The molecule has 7 nitrogen and oxygen atoms in total. The lowest BCUT2D eigenvalue weighted by Crippen LogP contribution is -2.40. The summed E-state index contributed by atoms with van der Waals surface area (Å²) in [6.45, 7) is 3.62. The molecule has 7 heteroatoms. The fourth-order valence-corrected chi connectivity index (χ4v) is 2.76. The molecule has 1 aromatic carbocycles. The van der Waals surface area contributed by atoms with Crippen molar-refractivity contribution in [1.82, 2.24) is 4.98 Å². The minimum atomic E-state index is -0.417. The largest absolute Gasteiger partial charge is 0.356 e. The molecule has 3 rings (SSSR count). The van der Waals surface area contributed by atoms with Crippen LogP contribution in [-0.2, 0) is 0 Å². The molecule has 0 bridgehead atoms. The summed E-state index contributed by atoms with van der Waals surface area (Å²) in [6, 6.07) is 11.1. The Hall–Kier alpha value is -2.67. The molecule has 0 amide bonds. The highest BCUT2D eigenvalue weighted by Gasteiger charge is 2.21. The maximum absolute atomic E-state index is 11.3. The van der Waals surface area contributed by atoms with Crippen molar-refractivity contribution in [3.63, 3.8) is 0 Å². The third kappa shape index (κ3) is 3.62. The van der Waals surface area contributed by atoms with Gasteiger partial charge in [0.05, 0.1) is 4.92 Å². The van der Waals surface area contributed by atoms with E-state index in [-0.39, 0.29) is 17.5 Å². The summed E-state index contributed by atoms with van der Waals surface area (Å²) in [5.41, 5.74) is 7.80. The number of nitrogens with two attached hydrogens (primary N) is 1. The SMILES string of the molecule is Cc1ccc(Nc2nc(N3CCC(N)CC3)ccc2[N+](=O)[O-])cc1. The molecule has 0 atom stereocenters. The molecule has 1 fully saturated rings. The minimum Gasteiger partial charge on any atom is -0.356 e. The van der Waals surface area contributed by atoms with E-state index in [0.717, 1.165) is 43.0 Å². The first-order chi connectivity index (χ1) is 11.5. The average molecular weight is 327 g/mol. The molecule has 24 heavy (non-hydrogen) atoms. The van der Waals surface area contributed by atoms with Crippen LogP contribution in [0.25, 0.3) is 0 Å². The summed E-state index contributed by atoms with van der Waals surface area (Å²) in [5.74, 6) is 0.998. The number of benzene rings is 1. The van der Waals surface area contributed by atoms with Crippen molar-refractivity contribution in [1.29, 1.82) is 0 Å². The van der Waals surface area contributed by atoms with Crippen LogP contribution < -0.4 is 16.0 Å². The topological polar surface area (TPSA) is 97.3 Å². The minimum absolute atomic E-state index is 0.0342. The number of hydrogen-bond donors (Lipinski definition) is 2. The first-order valence-electron chi connectivity index (χ1n) is 8.02. The monoisotopic (exact) mass is 327 g/mol. The third-order valence-corrected chi connectivity index (χ3v) is 4.23. The van der Waals surface area contributed by atoms with Gasteiger partial charge < -0.3 is 16.0 Å². The van der Waals surface area contributed by atoms with Crippen molar-refractivity contribution < 1.29 is 4.92 Å². The van der Waals surface area contributed by atoms with Crippen molar-refractivity contribution in [2.45, 2.75) is 25.8 Å². The fourth-order valence-electron chi connectivity index (χ4n) is 2.76. The quantitative estimate of drug-likeness (QED) is 0.662. The molecule has 2 heterocycles. The number of rotatable bonds is 4. The van der Waals surface area contributed by atoms with Crippen LogP contribution in [0.1, 0.15) is 18.4 Å². The predicted molar refractivity (Wildman–Crippen MR) is 94.8 cm³/mol. The van der Waals surface area contributed by atoms with Crippen LogP contribution in [-0.4, -0.2) is 29.0 Å². The molecule has 1 aromatic heterocycles. The van der Waals surface area contributed by atoms with Gasteiger partial charge in [-0.1, -0.05) is 17.7 Å². The first kappa shape index (κ1) is 16.2. The van der Waals surface area contributed by atoms with E-state index in [4.69, 9.17) is 5.73 Å². The number of nitrogens with zero attached hydrogens (tertiary/aromatic N) is 3. The van der Waals surface area contributed by atoms with Crippen molar-refractivity contribution >= 4 is 23.0 Å². The van der Waals surface area contributed by atoms with E-state index in [1.165, 1.54) is 6.07 Å². The van der Waals surface area contributed by atoms with Gasteiger partial charge in [-0.15, -0.1) is 0 Å². The van der Waals surface area contributed by atoms with Gasteiger partial charge in [-0.05, 0) is 38.0 Å². The van der Waals surface area contributed by atoms with Gasteiger partial charge in [0.1, 0.15) is 5.82 Å². The number of anilines is 3. The molecule has 0 radical (unpaired) electrons. The van der Waals surface area contributed by atoms with Gasteiger partial charge in [-0.25, -0.2) is 4.98 Å². The molecule has 0 saturated carbocycles. The third-order valence-electron chi connectivity index (χ3n) is 4.23. The zero-order chi connectivity index (χ0) is 17.1. The van der Waals surface area contributed by atoms with Gasteiger partial charge in [0.2, 0.25) is 5.82 Å². The summed E-state index contributed by atoms with van der Waals surface area (Å²) in [4.78, 5) is 17.5. The molecule has 126 valence electrons. The Bertz CT molecular complexity index is 724. The average Bonchev–Trinajstić information content (AvgIpc) is 2.57. The zero-order valence-electron chi connectivity index (χ0n) is 13.6. The maximum Gasteiger partial charge on any atom is 0.311 e. The van der Waals surface area contributed by atoms with E-state index >= 15 is 0 Å². The molecule has 1 aliphatic rings. The molecule has 0 unspecified atom stereocenters. The maximum atomic E-state index is 11.3. The zero-order valence-corrected chi connectivity index (χ0v) is 13.6. The summed E-state index contributed by atoms with van der Waals surface area (Å²) >= 11 is 0. The van der Waals surface area contributed by atoms with E-state index < -0.39 is 4.92 Å². The molecule has 0 spiro atoms.